The normalized spacial score (nSPS) is 25.7. The van der Waals surface area contributed by atoms with Crippen molar-refractivity contribution in [3.8, 4) is 0 Å². The van der Waals surface area contributed by atoms with Gasteiger partial charge in [0.1, 0.15) is 12.1 Å². The summed E-state index contributed by atoms with van der Waals surface area (Å²) in [4.78, 5) is 30.5. The maximum atomic E-state index is 12.5. The molecule has 3 rings (SSSR count). The van der Waals surface area contributed by atoms with E-state index < -0.39 is 0 Å². The highest BCUT2D eigenvalue weighted by molar-refractivity contribution is 5.96. The Labute approximate surface area is 137 Å². The molecule has 0 saturated carbocycles. The average molecular weight is 315 g/mol. The van der Waals surface area contributed by atoms with Crippen LogP contribution in [0.15, 0.2) is 18.2 Å². The monoisotopic (exact) mass is 315 g/mol. The number of carbonyl (C=O) groups is 2. The molecule has 1 aromatic rings. The molecule has 2 aliphatic rings. The number of aryl methyl sites for hydroxylation is 2. The number of fused-ring (bicyclic) bond motifs is 1. The minimum absolute atomic E-state index is 0.0573. The number of benzene rings is 1. The third kappa shape index (κ3) is 2.85. The number of likely N-dealkylation sites (N-methyl/N-ethyl adjacent to an activating group) is 1. The van der Waals surface area contributed by atoms with E-state index in [9.17, 15) is 9.59 Å². The fourth-order valence-corrected chi connectivity index (χ4v) is 3.45. The molecule has 2 amide bonds. The summed E-state index contributed by atoms with van der Waals surface area (Å²) in [5.74, 6) is 0.129. The first-order chi connectivity index (χ1) is 10.9. The molecule has 0 aliphatic carbocycles. The summed E-state index contributed by atoms with van der Waals surface area (Å²) in [7, 11) is 1.73. The number of carbonyl (C=O) groups excluding carboxylic acids is 2. The maximum Gasteiger partial charge on any atom is 0.247 e. The van der Waals surface area contributed by atoms with Gasteiger partial charge in [-0.15, -0.1) is 0 Å². The van der Waals surface area contributed by atoms with Gasteiger partial charge >= 0.3 is 0 Å². The van der Waals surface area contributed by atoms with Crippen LogP contribution in [0.3, 0.4) is 0 Å². The van der Waals surface area contributed by atoms with Gasteiger partial charge in [0.15, 0.2) is 0 Å². The van der Waals surface area contributed by atoms with Crippen LogP contribution in [0, 0.1) is 13.8 Å². The molecule has 0 aromatic heterocycles. The summed E-state index contributed by atoms with van der Waals surface area (Å²) >= 11 is 0. The van der Waals surface area contributed by atoms with Crippen LogP contribution >= 0.6 is 0 Å². The van der Waals surface area contributed by atoms with Crippen molar-refractivity contribution < 1.29 is 9.59 Å². The van der Waals surface area contributed by atoms with Crippen molar-refractivity contribution in [2.24, 2.45) is 0 Å². The second kappa shape index (κ2) is 5.96. The Morgan fingerprint density at radius 2 is 1.83 bits per heavy atom. The zero-order valence-corrected chi connectivity index (χ0v) is 14.4. The van der Waals surface area contributed by atoms with Gasteiger partial charge in [0.2, 0.25) is 11.8 Å². The Bertz CT molecular complexity index is 643. The summed E-state index contributed by atoms with van der Waals surface area (Å²) in [5, 5.41) is 0. The van der Waals surface area contributed by atoms with Crippen molar-refractivity contribution in [1.82, 2.24) is 14.7 Å². The minimum atomic E-state index is -0.343. The molecule has 0 unspecified atom stereocenters. The second-order valence-corrected chi connectivity index (χ2v) is 6.83. The van der Waals surface area contributed by atoms with Crippen molar-refractivity contribution in [3.63, 3.8) is 0 Å². The predicted molar refractivity (Wildman–Crippen MR) is 88.9 cm³/mol. The highest BCUT2D eigenvalue weighted by Gasteiger charge is 2.44. The molecule has 0 bridgehead atoms. The molecule has 0 N–H and O–H groups in total. The Morgan fingerprint density at radius 1 is 1.09 bits per heavy atom. The van der Waals surface area contributed by atoms with Gasteiger partial charge in [0.05, 0.1) is 0 Å². The topological polar surface area (TPSA) is 43.9 Å². The highest BCUT2D eigenvalue weighted by Crippen LogP contribution is 2.22. The lowest BCUT2D eigenvalue weighted by Gasteiger charge is -2.47. The van der Waals surface area contributed by atoms with E-state index in [1.165, 1.54) is 16.7 Å². The molecule has 5 nitrogen and oxygen atoms in total. The van der Waals surface area contributed by atoms with E-state index in [-0.39, 0.29) is 23.9 Å². The molecule has 5 heteroatoms. The van der Waals surface area contributed by atoms with Crippen LogP contribution in [0.25, 0.3) is 0 Å². The SMILES string of the molecule is Cc1ccc(CN2CCN3C(=O)[C@H](C)N(C)C(=O)[C@H]3C2)cc1C. The molecule has 124 valence electrons. The maximum absolute atomic E-state index is 12.5. The fourth-order valence-electron chi connectivity index (χ4n) is 3.45. The number of hydrogen-bond donors (Lipinski definition) is 0. The molecule has 2 atom stereocenters. The third-order valence-electron chi connectivity index (χ3n) is 5.30. The standard InChI is InChI=1S/C18H25N3O2/c1-12-5-6-15(9-13(12)2)10-20-7-8-21-16(11-20)18(23)19(4)14(3)17(21)22/h5-6,9,14,16H,7-8,10-11H2,1-4H3/t14-,16+/m0/s1. The summed E-state index contributed by atoms with van der Waals surface area (Å²) in [6.45, 7) is 8.94. The molecule has 2 heterocycles. The van der Waals surface area contributed by atoms with Crippen LogP contribution in [0.1, 0.15) is 23.6 Å². The van der Waals surface area contributed by atoms with E-state index in [4.69, 9.17) is 0 Å². The molecule has 0 spiro atoms. The molecule has 0 radical (unpaired) electrons. The van der Waals surface area contributed by atoms with Crippen LogP contribution in [0.5, 0.6) is 0 Å². The zero-order valence-electron chi connectivity index (χ0n) is 14.4. The van der Waals surface area contributed by atoms with E-state index in [0.717, 1.165) is 13.1 Å². The smallest absolute Gasteiger partial charge is 0.247 e. The van der Waals surface area contributed by atoms with Gasteiger partial charge in [0, 0.05) is 33.2 Å². The average Bonchev–Trinajstić information content (AvgIpc) is 2.54. The van der Waals surface area contributed by atoms with E-state index in [1.807, 2.05) is 0 Å². The molecule has 2 aliphatic heterocycles. The summed E-state index contributed by atoms with van der Waals surface area (Å²) in [6.07, 6.45) is 0. The lowest BCUT2D eigenvalue weighted by atomic mass is 10.0. The highest BCUT2D eigenvalue weighted by atomic mass is 16.2. The van der Waals surface area contributed by atoms with Gasteiger partial charge < -0.3 is 9.80 Å². The number of amides is 2. The minimum Gasteiger partial charge on any atom is -0.332 e. The van der Waals surface area contributed by atoms with Crippen LogP contribution < -0.4 is 0 Å². The Balaban J connectivity index is 1.72. The van der Waals surface area contributed by atoms with Gasteiger partial charge in [-0.3, -0.25) is 14.5 Å². The molecule has 2 fully saturated rings. The first-order valence-corrected chi connectivity index (χ1v) is 8.24. The zero-order chi connectivity index (χ0) is 16.7. The second-order valence-electron chi connectivity index (χ2n) is 6.83. The molecule has 2 saturated heterocycles. The quantitative estimate of drug-likeness (QED) is 0.823. The van der Waals surface area contributed by atoms with E-state index in [2.05, 4.69) is 36.9 Å². The number of hydrogen-bond acceptors (Lipinski definition) is 3. The van der Waals surface area contributed by atoms with Gasteiger partial charge in [-0.25, -0.2) is 0 Å². The first-order valence-electron chi connectivity index (χ1n) is 8.24. The lowest BCUT2D eigenvalue weighted by Crippen LogP contribution is -2.68. The van der Waals surface area contributed by atoms with Crippen molar-refractivity contribution in [1.29, 1.82) is 0 Å². The van der Waals surface area contributed by atoms with Gasteiger partial charge in [-0.05, 0) is 37.5 Å². The lowest BCUT2D eigenvalue weighted by molar-refractivity contribution is -0.163. The van der Waals surface area contributed by atoms with E-state index in [1.54, 1.807) is 23.8 Å². The Kier molecular flexibility index (Phi) is 4.15. The van der Waals surface area contributed by atoms with Crippen molar-refractivity contribution in [2.75, 3.05) is 26.7 Å². The summed E-state index contributed by atoms with van der Waals surface area (Å²) < 4.78 is 0. The third-order valence-corrected chi connectivity index (χ3v) is 5.30. The van der Waals surface area contributed by atoms with Crippen molar-refractivity contribution >= 4 is 11.8 Å². The predicted octanol–water partition coefficient (Wildman–Crippen LogP) is 1.18. The van der Waals surface area contributed by atoms with Crippen LogP contribution in [0.4, 0.5) is 0 Å². The summed E-state index contributed by atoms with van der Waals surface area (Å²) in [5.41, 5.74) is 3.85. The number of rotatable bonds is 2. The Morgan fingerprint density at radius 3 is 2.52 bits per heavy atom. The van der Waals surface area contributed by atoms with Crippen molar-refractivity contribution in [3.05, 3.63) is 34.9 Å². The first kappa shape index (κ1) is 16.0. The molecular formula is C18H25N3O2. The van der Waals surface area contributed by atoms with Gasteiger partial charge in [-0.1, -0.05) is 18.2 Å². The number of nitrogens with zero attached hydrogens (tertiary/aromatic N) is 3. The Hall–Kier alpha value is -1.88. The molecular weight excluding hydrogens is 290 g/mol. The summed E-state index contributed by atoms with van der Waals surface area (Å²) in [6, 6.07) is 5.83. The van der Waals surface area contributed by atoms with Crippen LogP contribution in [-0.2, 0) is 16.1 Å². The largest absolute Gasteiger partial charge is 0.332 e. The van der Waals surface area contributed by atoms with Crippen molar-refractivity contribution in [2.45, 2.75) is 39.4 Å². The van der Waals surface area contributed by atoms with E-state index in [0.29, 0.717) is 13.1 Å². The molecule has 1 aromatic carbocycles. The van der Waals surface area contributed by atoms with Crippen LogP contribution in [0.2, 0.25) is 0 Å². The van der Waals surface area contributed by atoms with Gasteiger partial charge in [0.25, 0.3) is 0 Å². The fraction of sp³-hybridized carbons (Fsp3) is 0.556. The van der Waals surface area contributed by atoms with Crippen LogP contribution in [-0.4, -0.2) is 65.3 Å². The molecule has 23 heavy (non-hydrogen) atoms. The van der Waals surface area contributed by atoms with E-state index >= 15 is 0 Å². The van der Waals surface area contributed by atoms with Gasteiger partial charge in [-0.2, -0.15) is 0 Å². The number of piperazine rings is 2.